The molecule has 3 rings (SSSR count). The molecule has 1 heterocycles. The quantitative estimate of drug-likeness (QED) is 0.325. The largest absolute Gasteiger partial charge is 0.508 e. The van der Waals surface area contributed by atoms with Gasteiger partial charge >= 0.3 is 5.97 Å². The topological polar surface area (TPSA) is 99.8 Å². The molecule has 1 aliphatic carbocycles. The molecule has 0 aliphatic heterocycles. The van der Waals surface area contributed by atoms with E-state index in [0.717, 1.165) is 28.7 Å². The van der Waals surface area contributed by atoms with Crippen LogP contribution in [0.1, 0.15) is 82.0 Å². The number of aliphatic hydroxyl groups is 1. The number of carboxylic acids is 1. The van der Waals surface area contributed by atoms with Crippen LogP contribution in [-0.2, 0) is 0 Å². The van der Waals surface area contributed by atoms with E-state index in [-0.39, 0.29) is 34.9 Å². The third-order valence-electron chi connectivity index (χ3n) is 6.64. The Hall–Kier alpha value is -3.80. The minimum Gasteiger partial charge on any atom is -0.508 e. The van der Waals surface area contributed by atoms with Crippen molar-refractivity contribution in [2.75, 3.05) is 0 Å². The molecule has 0 amide bonds. The second kappa shape index (κ2) is 12.9. The van der Waals surface area contributed by atoms with Gasteiger partial charge in [0.15, 0.2) is 5.43 Å². The molecule has 1 unspecified atom stereocenters. The molecular weight excluding hydrogens is 466 g/mol. The first-order valence-electron chi connectivity index (χ1n) is 12.8. The van der Waals surface area contributed by atoms with Gasteiger partial charge in [-0.05, 0) is 72.3 Å². The van der Waals surface area contributed by atoms with Crippen LogP contribution in [0.3, 0.4) is 0 Å². The van der Waals surface area contributed by atoms with Crippen molar-refractivity contribution in [1.29, 1.82) is 0 Å². The zero-order chi connectivity index (χ0) is 27.9. The summed E-state index contributed by atoms with van der Waals surface area (Å²) in [4.78, 5) is 24.6. The van der Waals surface area contributed by atoms with E-state index < -0.39 is 11.4 Å². The number of aromatic carboxylic acids is 1. The molecule has 1 aromatic heterocycles. The lowest BCUT2D eigenvalue weighted by atomic mass is 9.81. The highest BCUT2D eigenvalue weighted by atomic mass is 16.4. The Morgan fingerprint density at radius 1 is 1.16 bits per heavy atom. The number of benzene rings is 1. The fourth-order valence-corrected chi connectivity index (χ4v) is 4.78. The van der Waals surface area contributed by atoms with E-state index in [2.05, 4.69) is 20.4 Å². The summed E-state index contributed by atoms with van der Waals surface area (Å²) in [6.07, 6.45) is 8.06. The molecule has 1 aromatic carbocycles. The second-order valence-corrected chi connectivity index (χ2v) is 9.26. The smallest absolute Gasteiger partial charge is 0.341 e. The highest BCUT2D eigenvalue weighted by Gasteiger charge is 2.25. The summed E-state index contributed by atoms with van der Waals surface area (Å²) >= 11 is 0. The Kier molecular flexibility index (Phi) is 10.3. The number of nitrogens with zero attached hydrogens (tertiary/aromatic N) is 1. The van der Waals surface area contributed by atoms with Crippen molar-refractivity contribution in [3.8, 4) is 5.75 Å². The van der Waals surface area contributed by atoms with Crippen LogP contribution in [0.25, 0.3) is 11.1 Å². The number of aromatic hydroxyl groups is 1. The maximum Gasteiger partial charge on any atom is 0.341 e. The number of aliphatic hydroxyl groups excluding tert-OH is 1. The van der Waals surface area contributed by atoms with E-state index in [9.17, 15) is 24.9 Å². The third-order valence-corrected chi connectivity index (χ3v) is 6.64. The number of hydrogen-bond donors (Lipinski definition) is 3. The number of phenols is 1. The molecule has 0 bridgehead atoms. The second-order valence-electron chi connectivity index (χ2n) is 9.26. The van der Waals surface area contributed by atoms with E-state index in [1.165, 1.54) is 12.3 Å². The number of carboxylic acid groups (broad SMARTS) is 1. The fourth-order valence-electron chi connectivity index (χ4n) is 4.78. The summed E-state index contributed by atoms with van der Waals surface area (Å²) in [5.41, 5.74) is 3.06. The van der Waals surface area contributed by atoms with Crippen LogP contribution in [0.2, 0.25) is 0 Å². The van der Waals surface area contributed by atoms with Crippen LogP contribution >= 0.6 is 0 Å². The normalized spacial score (nSPS) is 16.3. The molecule has 6 nitrogen and oxygen atoms in total. The number of rotatable bonds is 8. The van der Waals surface area contributed by atoms with Gasteiger partial charge in [-0.25, -0.2) is 4.79 Å². The lowest BCUT2D eigenvalue weighted by Crippen LogP contribution is -2.25. The molecule has 1 aliphatic rings. The van der Waals surface area contributed by atoms with Gasteiger partial charge in [-0.2, -0.15) is 0 Å². The van der Waals surface area contributed by atoms with Crippen molar-refractivity contribution in [1.82, 2.24) is 4.57 Å². The Balaban J connectivity index is 0.00000235. The van der Waals surface area contributed by atoms with Crippen LogP contribution in [-0.4, -0.2) is 25.9 Å². The predicted octanol–water partition coefficient (Wildman–Crippen LogP) is 7.39. The summed E-state index contributed by atoms with van der Waals surface area (Å²) in [5, 5.41) is 29.2. The molecule has 6 heteroatoms. The van der Waals surface area contributed by atoms with Crippen LogP contribution < -0.4 is 5.43 Å². The number of phenolic OH excluding ortho intramolecular Hbond substituents is 1. The molecule has 2 atom stereocenters. The third kappa shape index (κ3) is 6.70. The minimum atomic E-state index is -1.25. The van der Waals surface area contributed by atoms with E-state index in [4.69, 9.17) is 0 Å². The molecular formula is C31H39NO5. The fraction of sp³-hybridized carbons (Fsp3) is 0.355. The average Bonchev–Trinajstić information content (AvgIpc) is 2.87. The van der Waals surface area contributed by atoms with E-state index >= 15 is 0 Å². The molecule has 3 N–H and O–H groups in total. The van der Waals surface area contributed by atoms with Crippen LogP contribution in [0.5, 0.6) is 5.75 Å². The van der Waals surface area contributed by atoms with Crippen molar-refractivity contribution in [2.24, 2.45) is 11.8 Å². The predicted molar refractivity (Wildman–Crippen MR) is 151 cm³/mol. The maximum atomic E-state index is 12.8. The van der Waals surface area contributed by atoms with Crippen LogP contribution in [0.15, 0.2) is 77.5 Å². The molecule has 198 valence electrons. The van der Waals surface area contributed by atoms with Gasteiger partial charge in [0.25, 0.3) is 0 Å². The standard InChI is InChI=1S/C29H33NO5.C2H6/c1-6-25(17(2)3)30-16-24(29(34)35)27(33)15-26(30)19(5)28(21-9-13-23(32)14-10-21)18(4)20-7-11-22(31)12-8-20;1-2/h7-9,11-17,21,25,31-32H,4,6,10H2,1-3,5H3,(H,34,35);1-2H3/b28-19-;/t21?,25-;/m0./s1. The van der Waals surface area contributed by atoms with Gasteiger partial charge in [0, 0.05) is 29.9 Å². The molecule has 0 radical (unpaired) electrons. The Bertz CT molecular complexity index is 1280. The number of hydrogen-bond acceptors (Lipinski definition) is 4. The number of allylic oxidation sites excluding steroid dienone is 6. The van der Waals surface area contributed by atoms with Crippen molar-refractivity contribution in [3.63, 3.8) is 0 Å². The monoisotopic (exact) mass is 505 g/mol. The van der Waals surface area contributed by atoms with Crippen LogP contribution in [0.4, 0.5) is 0 Å². The van der Waals surface area contributed by atoms with E-state index in [1.807, 2.05) is 38.3 Å². The lowest BCUT2D eigenvalue weighted by molar-refractivity contribution is 0.0694. The average molecular weight is 506 g/mol. The molecule has 2 aromatic rings. The lowest BCUT2D eigenvalue weighted by Gasteiger charge is -2.29. The first-order valence-corrected chi connectivity index (χ1v) is 12.8. The summed E-state index contributed by atoms with van der Waals surface area (Å²) < 4.78 is 1.91. The van der Waals surface area contributed by atoms with Gasteiger partial charge in [0.1, 0.15) is 17.1 Å². The van der Waals surface area contributed by atoms with Gasteiger partial charge in [-0.3, -0.25) is 4.79 Å². The summed E-state index contributed by atoms with van der Waals surface area (Å²) in [5.74, 6) is -0.819. The zero-order valence-electron chi connectivity index (χ0n) is 22.7. The highest BCUT2D eigenvalue weighted by molar-refractivity contribution is 5.90. The minimum absolute atomic E-state index is 0.0207. The molecule has 0 spiro atoms. The summed E-state index contributed by atoms with van der Waals surface area (Å²) in [7, 11) is 0. The Morgan fingerprint density at radius 3 is 2.27 bits per heavy atom. The molecule has 0 fully saturated rings. The van der Waals surface area contributed by atoms with Crippen molar-refractivity contribution in [2.45, 2.75) is 60.4 Å². The van der Waals surface area contributed by atoms with Crippen molar-refractivity contribution in [3.05, 3.63) is 99.7 Å². The zero-order valence-corrected chi connectivity index (χ0v) is 22.7. The molecule has 37 heavy (non-hydrogen) atoms. The van der Waals surface area contributed by atoms with Gasteiger partial charge in [-0.1, -0.05) is 59.4 Å². The Morgan fingerprint density at radius 2 is 1.78 bits per heavy atom. The van der Waals surface area contributed by atoms with Crippen molar-refractivity contribution < 1.29 is 20.1 Å². The van der Waals surface area contributed by atoms with Crippen molar-refractivity contribution >= 4 is 17.1 Å². The van der Waals surface area contributed by atoms with Gasteiger partial charge in [-0.15, -0.1) is 0 Å². The number of carbonyl (C=O) groups is 1. The number of pyridine rings is 1. The maximum absolute atomic E-state index is 12.8. The summed E-state index contributed by atoms with van der Waals surface area (Å²) in [6.45, 7) is 16.5. The highest BCUT2D eigenvalue weighted by Crippen LogP contribution is 2.39. The number of aromatic nitrogens is 1. The molecule has 0 saturated carbocycles. The Labute approximate surface area is 219 Å². The SMILES string of the molecule is C=C(/C(=C(\C)c1cc(=O)c(C(=O)O)cn1[C@@H](CC)C(C)C)C1C=CC(O)=CC1)c1ccc(O)cc1.CC. The first kappa shape index (κ1) is 29.4. The van der Waals surface area contributed by atoms with E-state index in [0.29, 0.717) is 12.1 Å². The van der Waals surface area contributed by atoms with Gasteiger partial charge < -0.3 is 19.9 Å². The van der Waals surface area contributed by atoms with Crippen LogP contribution in [0, 0.1) is 11.8 Å². The molecule has 0 saturated heterocycles. The summed E-state index contributed by atoms with van der Waals surface area (Å²) in [6, 6.07) is 8.16. The van der Waals surface area contributed by atoms with Gasteiger partial charge in [0.2, 0.25) is 0 Å². The van der Waals surface area contributed by atoms with Gasteiger partial charge in [0.05, 0.1) is 0 Å². The van der Waals surface area contributed by atoms with E-state index in [1.54, 1.807) is 36.4 Å². The first-order chi connectivity index (χ1) is 17.5.